The lowest BCUT2D eigenvalue weighted by molar-refractivity contribution is -0.125. The molecule has 0 aromatic carbocycles. The van der Waals surface area contributed by atoms with Gasteiger partial charge in [-0.3, -0.25) is 9.89 Å². The van der Waals surface area contributed by atoms with E-state index in [1.807, 2.05) is 7.05 Å². The smallest absolute Gasteiger partial charge is 0.191 e. The average molecular weight is 478 g/mol. The molecule has 4 unspecified atom stereocenters. The van der Waals surface area contributed by atoms with E-state index in [4.69, 9.17) is 9.47 Å². The highest BCUT2D eigenvalue weighted by molar-refractivity contribution is 14.0. The minimum atomic E-state index is 0. The molecule has 2 N–H and O–H groups in total. The number of guanidine groups is 1. The Bertz CT molecular complexity index is 498. The van der Waals surface area contributed by atoms with Crippen LogP contribution in [0.2, 0.25) is 0 Å². The van der Waals surface area contributed by atoms with Gasteiger partial charge in [-0.05, 0) is 25.7 Å². The number of hydrogen-bond acceptors (Lipinski definition) is 4. The molecule has 2 aliphatic carbocycles. The van der Waals surface area contributed by atoms with Gasteiger partial charge in [-0.1, -0.05) is 12.8 Å². The zero-order chi connectivity index (χ0) is 17.3. The van der Waals surface area contributed by atoms with Gasteiger partial charge >= 0.3 is 0 Å². The second-order valence-corrected chi connectivity index (χ2v) is 8.30. The van der Waals surface area contributed by atoms with Crippen LogP contribution in [0.3, 0.4) is 0 Å². The topological polar surface area (TPSA) is 58.1 Å². The summed E-state index contributed by atoms with van der Waals surface area (Å²) in [5, 5.41) is 7.48. The second-order valence-electron chi connectivity index (χ2n) is 8.30. The highest BCUT2D eigenvalue weighted by Crippen LogP contribution is 2.60. The van der Waals surface area contributed by atoms with E-state index in [0.717, 1.165) is 38.8 Å². The summed E-state index contributed by atoms with van der Waals surface area (Å²) in [5.74, 6) is 1.67. The van der Waals surface area contributed by atoms with E-state index < -0.39 is 0 Å². The molecule has 0 aromatic heterocycles. The molecule has 2 saturated heterocycles. The summed E-state index contributed by atoms with van der Waals surface area (Å²) in [6.07, 6.45) is 8.22. The van der Waals surface area contributed by atoms with Crippen LogP contribution in [0.1, 0.15) is 38.5 Å². The number of ether oxygens (including phenoxy) is 2. The Morgan fingerprint density at radius 3 is 2.81 bits per heavy atom. The fourth-order valence-corrected chi connectivity index (χ4v) is 5.79. The predicted octanol–water partition coefficient (Wildman–Crippen LogP) is 1.84. The molecule has 2 saturated carbocycles. The maximum atomic E-state index is 6.10. The van der Waals surface area contributed by atoms with Crippen molar-refractivity contribution < 1.29 is 9.47 Å². The molecule has 0 amide bonds. The highest BCUT2D eigenvalue weighted by Gasteiger charge is 2.65. The van der Waals surface area contributed by atoms with Crippen LogP contribution in [0, 0.1) is 11.3 Å². The van der Waals surface area contributed by atoms with Crippen molar-refractivity contribution >= 4 is 29.9 Å². The van der Waals surface area contributed by atoms with E-state index in [1.165, 1.54) is 38.5 Å². The van der Waals surface area contributed by atoms with Crippen molar-refractivity contribution in [3.8, 4) is 0 Å². The third-order valence-electron chi connectivity index (χ3n) is 7.03. The van der Waals surface area contributed by atoms with Gasteiger partial charge in [-0.15, -0.1) is 24.0 Å². The van der Waals surface area contributed by atoms with Crippen molar-refractivity contribution in [3.63, 3.8) is 0 Å². The lowest BCUT2D eigenvalue weighted by Crippen LogP contribution is -2.69. The number of halogens is 1. The Balaban J connectivity index is 0.00000196. The second kappa shape index (κ2) is 8.92. The SMILES string of the molecule is CN=C(NC1CCN(CCOC)C1)NC1C2CCOC2C12CCCC2.I. The van der Waals surface area contributed by atoms with Gasteiger partial charge in [-0.25, -0.2) is 0 Å². The van der Waals surface area contributed by atoms with Crippen LogP contribution < -0.4 is 10.6 Å². The fourth-order valence-electron chi connectivity index (χ4n) is 5.79. The lowest BCUT2D eigenvalue weighted by atomic mass is 9.54. The molecule has 4 fully saturated rings. The van der Waals surface area contributed by atoms with E-state index in [1.54, 1.807) is 7.11 Å². The first-order chi connectivity index (χ1) is 12.3. The van der Waals surface area contributed by atoms with Crippen LogP contribution in [0.25, 0.3) is 0 Å². The van der Waals surface area contributed by atoms with Gasteiger partial charge in [0.2, 0.25) is 0 Å². The van der Waals surface area contributed by atoms with Crippen molar-refractivity contribution in [3.05, 3.63) is 0 Å². The first kappa shape index (κ1) is 20.6. The number of likely N-dealkylation sites (tertiary alicyclic amines) is 1. The third kappa shape index (κ3) is 3.73. The zero-order valence-electron chi connectivity index (χ0n) is 16.2. The van der Waals surface area contributed by atoms with Crippen molar-refractivity contribution in [2.45, 2.75) is 56.7 Å². The minimum absolute atomic E-state index is 0. The molecule has 4 rings (SSSR count). The number of fused-ring (bicyclic) bond motifs is 2. The van der Waals surface area contributed by atoms with Crippen molar-refractivity contribution in [2.24, 2.45) is 16.3 Å². The van der Waals surface area contributed by atoms with E-state index in [-0.39, 0.29) is 24.0 Å². The monoisotopic (exact) mass is 478 g/mol. The van der Waals surface area contributed by atoms with Crippen LogP contribution in [0.5, 0.6) is 0 Å². The van der Waals surface area contributed by atoms with Gasteiger partial charge in [0.25, 0.3) is 0 Å². The van der Waals surface area contributed by atoms with E-state index in [2.05, 4.69) is 20.5 Å². The number of aliphatic imine (C=N–C) groups is 1. The van der Waals surface area contributed by atoms with Gasteiger partial charge in [-0.2, -0.15) is 0 Å². The summed E-state index contributed by atoms with van der Waals surface area (Å²) >= 11 is 0. The lowest BCUT2D eigenvalue weighted by Gasteiger charge is -2.57. The summed E-state index contributed by atoms with van der Waals surface area (Å²) < 4.78 is 11.3. The van der Waals surface area contributed by atoms with Gasteiger partial charge in [0.15, 0.2) is 5.96 Å². The number of nitrogens with zero attached hydrogens (tertiary/aromatic N) is 2. The molecule has 0 radical (unpaired) electrons. The average Bonchev–Trinajstić information content (AvgIpc) is 3.36. The molecular weight excluding hydrogens is 443 g/mol. The molecule has 6 nitrogen and oxygen atoms in total. The Kier molecular flexibility index (Phi) is 7.07. The van der Waals surface area contributed by atoms with Gasteiger partial charge < -0.3 is 20.1 Å². The normalized spacial score (nSPS) is 35.8. The van der Waals surface area contributed by atoms with Crippen LogP contribution >= 0.6 is 24.0 Å². The largest absolute Gasteiger partial charge is 0.383 e. The molecule has 2 aliphatic heterocycles. The van der Waals surface area contributed by atoms with Crippen LogP contribution in [-0.2, 0) is 9.47 Å². The van der Waals surface area contributed by atoms with Crippen LogP contribution in [-0.4, -0.2) is 76.1 Å². The van der Waals surface area contributed by atoms with Crippen LogP contribution in [0.15, 0.2) is 4.99 Å². The first-order valence-corrected chi connectivity index (χ1v) is 10.1. The molecular formula is C19H35IN4O2. The summed E-state index contributed by atoms with van der Waals surface area (Å²) in [6, 6.07) is 1.03. The minimum Gasteiger partial charge on any atom is -0.383 e. The summed E-state index contributed by atoms with van der Waals surface area (Å²) in [6.45, 7) is 5.00. The number of rotatable bonds is 5. The summed E-state index contributed by atoms with van der Waals surface area (Å²) in [7, 11) is 3.67. The van der Waals surface area contributed by atoms with Crippen molar-refractivity contribution in [2.75, 3.05) is 47.0 Å². The predicted molar refractivity (Wildman–Crippen MR) is 114 cm³/mol. The standard InChI is InChI=1S/C19H34N4O2.HI/c1-20-18(21-14-5-9-23(13-14)10-12-24-2)22-16-15-6-11-25-17(15)19(16)7-3-4-8-19;/h14-17H,3-13H2,1-2H3,(H2,20,21,22);1H. The molecule has 4 aliphatic rings. The summed E-state index contributed by atoms with van der Waals surface area (Å²) in [5.41, 5.74) is 0.374. The van der Waals surface area contributed by atoms with Gasteiger partial charge in [0, 0.05) is 63.8 Å². The van der Waals surface area contributed by atoms with Crippen molar-refractivity contribution in [1.29, 1.82) is 0 Å². The summed E-state index contributed by atoms with van der Waals surface area (Å²) in [4.78, 5) is 7.01. The molecule has 0 bridgehead atoms. The van der Waals surface area contributed by atoms with E-state index in [0.29, 0.717) is 29.5 Å². The first-order valence-electron chi connectivity index (χ1n) is 10.1. The van der Waals surface area contributed by atoms with E-state index in [9.17, 15) is 0 Å². The number of nitrogens with one attached hydrogen (secondary N) is 2. The zero-order valence-corrected chi connectivity index (χ0v) is 18.5. The molecule has 7 heteroatoms. The quantitative estimate of drug-likeness (QED) is 0.359. The van der Waals surface area contributed by atoms with Gasteiger partial charge in [0.1, 0.15) is 0 Å². The highest BCUT2D eigenvalue weighted by atomic mass is 127. The maximum Gasteiger partial charge on any atom is 0.191 e. The Morgan fingerprint density at radius 1 is 1.27 bits per heavy atom. The third-order valence-corrected chi connectivity index (χ3v) is 7.03. The molecule has 2 heterocycles. The molecule has 150 valence electrons. The molecule has 4 atom stereocenters. The number of methoxy groups -OCH3 is 1. The van der Waals surface area contributed by atoms with E-state index >= 15 is 0 Å². The van der Waals surface area contributed by atoms with Crippen LogP contribution in [0.4, 0.5) is 0 Å². The van der Waals surface area contributed by atoms with Crippen molar-refractivity contribution in [1.82, 2.24) is 15.5 Å². The molecule has 1 spiro atoms. The maximum absolute atomic E-state index is 6.10. The number of hydrogen-bond donors (Lipinski definition) is 2. The Hall–Kier alpha value is -0.120. The molecule has 0 aromatic rings. The Labute approximate surface area is 174 Å². The molecule has 26 heavy (non-hydrogen) atoms. The van der Waals surface area contributed by atoms with Gasteiger partial charge in [0.05, 0.1) is 12.7 Å². The fraction of sp³-hybridized carbons (Fsp3) is 0.947. The Morgan fingerprint density at radius 2 is 2.08 bits per heavy atom.